The Morgan fingerprint density at radius 1 is 1.12 bits per heavy atom. The van der Waals surface area contributed by atoms with E-state index in [4.69, 9.17) is 5.73 Å². The van der Waals surface area contributed by atoms with Crippen LogP contribution in [0.4, 0.5) is 5.82 Å². The van der Waals surface area contributed by atoms with Crippen LogP contribution in [0.25, 0.3) is 11.0 Å². The molecule has 0 fully saturated rings. The maximum atomic E-state index is 5.91. The molecule has 0 radical (unpaired) electrons. The molecule has 0 spiro atoms. The van der Waals surface area contributed by atoms with Gasteiger partial charge in [-0.25, -0.2) is 9.97 Å². The van der Waals surface area contributed by atoms with E-state index < -0.39 is 0 Å². The van der Waals surface area contributed by atoms with Crippen molar-refractivity contribution in [2.75, 3.05) is 11.5 Å². The molecule has 1 aromatic heterocycles. The minimum atomic E-state index is 0.546. The number of benzene rings is 1. The molecular weight excluding hydrogens is 230 g/mol. The maximum absolute atomic E-state index is 5.91. The number of rotatable bonds is 5. The Labute approximate surface area is 106 Å². The molecule has 2 rings (SSSR count). The fraction of sp³-hybridized carbons (Fsp3) is 0.385. The first-order valence-electron chi connectivity index (χ1n) is 5.96. The van der Waals surface area contributed by atoms with Gasteiger partial charge in [0, 0.05) is 0 Å². The van der Waals surface area contributed by atoms with E-state index in [9.17, 15) is 0 Å². The molecule has 4 heteroatoms. The fourth-order valence-corrected chi connectivity index (χ4v) is 2.52. The van der Waals surface area contributed by atoms with E-state index in [1.807, 2.05) is 24.3 Å². The number of aromatic nitrogens is 2. The van der Waals surface area contributed by atoms with E-state index >= 15 is 0 Å². The quantitative estimate of drug-likeness (QED) is 0.649. The Kier molecular flexibility index (Phi) is 4.20. The van der Waals surface area contributed by atoms with Crippen molar-refractivity contribution in [3.8, 4) is 0 Å². The van der Waals surface area contributed by atoms with Gasteiger partial charge in [-0.1, -0.05) is 31.9 Å². The van der Waals surface area contributed by atoms with E-state index in [1.165, 1.54) is 19.3 Å². The summed E-state index contributed by atoms with van der Waals surface area (Å²) in [4.78, 5) is 8.92. The van der Waals surface area contributed by atoms with Crippen LogP contribution in [0.5, 0.6) is 0 Å². The highest BCUT2D eigenvalue weighted by Crippen LogP contribution is 2.24. The first-order chi connectivity index (χ1) is 8.31. The molecule has 0 aliphatic rings. The predicted octanol–water partition coefficient (Wildman–Crippen LogP) is 3.49. The van der Waals surface area contributed by atoms with E-state index in [2.05, 4.69) is 16.9 Å². The van der Waals surface area contributed by atoms with Crippen LogP contribution < -0.4 is 5.73 Å². The van der Waals surface area contributed by atoms with Gasteiger partial charge in [0.25, 0.3) is 0 Å². The van der Waals surface area contributed by atoms with E-state index in [0.29, 0.717) is 5.82 Å². The van der Waals surface area contributed by atoms with Crippen LogP contribution in [-0.4, -0.2) is 15.7 Å². The van der Waals surface area contributed by atoms with E-state index in [-0.39, 0.29) is 0 Å². The van der Waals surface area contributed by atoms with Gasteiger partial charge in [-0.05, 0) is 24.3 Å². The van der Waals surface area contributed by atoms with Gasteiger partial charge in [-0.2, -0.15) is 0 Å². The number of para-hydroxylation sites is 2. The molecule has 1 aromatic carbocycles. The van der Waals surface area contributed by atoms with Crippen LogP contribution in [0, 0.1) is 0 Å². The van der Waals surface area contributed by atoms with Crippen molar-refractivity contribution in [1.82, 2.24) is 9.97 Å². The van der Waals surface area contributed by atoms with Gasteiger partial charge in [0.05, 0.1) is 11.0 Å². The minimum absolute atomic E-state index is 0.546. The Balaban J connectivity index is 2.14. The van der Waals surface area contributed by atoms with E-state index in [0.717, 1.165) is 21.8 Å². The monoisotopic (exact) mass is 247 g/mol. The van der Waals surface area contributed by atoms with E-state index in [1.54, 1.807) is 11.8 Å². The summed E-state index contributed by atoms with van der Waals surface area (Å²) in [5, 5.41) is 0.861. The minimum Gasteiger partial charge on any atom is -0.381 e. The third-order valence-corrected chi connectivity index (χ3v) is 3.62. The van der Waals surface area contributed by atoms with Gasteiger partial charge in [0.1, 0.15) is 5.03 Å². The summed E-state index contributed by atoms with van der Waals surface area (Å²) >= 11 is 1.70. The largest absolute Gasteiger partial charge is 0.381 e. The number of nitrogens with two attached hydrogens (primary N) is 1. The number of nitrogen functional groups attached to an aromatic ring is 1. The van der Waals surface area contributed by atoms with Crippen molar-refractivity contribution < 1.29 is 0 Å². The molecule has 3 nitrogen and oxygen atoms in total. The number of anilines is 1. The Hall–Kier alpha value is -1.29. The summed E-state index contributed by atoms with van der Waals surface area (Å²) in [7, 11) is 0. The van der Waals surface area contributed by atoms with Gasteiger partial charge >= 0.3 is 0 Å². The molecule has 0 amide bonds. The lowest BCUT2D eigenvalue weighted by molar-refractivity contribution is 0.778. The molecule has 17 heavy (non-hydrogen) atoms. The highest BCUT2D eigenvalue weighted by molar-refractivity contribution is 7.99. The summed E-state index contributed by atoms with van der Waals surface area (Å²) in [6.45, 7) is 2.20. The van der Waals surface area contributed by atoms with Gasteiger partial charge in [0.2, 0.25) is 0 Å². The lowest BCUT2D eigenvalue weighted by Crippen LogP contribution is -1.97. The van der Waals surface area contributed by atoms with Crippen molar-refractivity contribution in [1.29, 1.82) is 0 Å². The summed E-state index contributed by atoms with van der Waals surface area (Å²) in [5.41, 5.74) is 7.69. The summed E-state index contributed by atoms with van der Waals surface area (Å²) < 4.78 is 0. The molecule has 0 aliphatic carbocycles. The summed E-state index contributed by atoms with van der Waals surface area (Å²) in [5.74, 6) is 1.61. The third kappa shape index (κ3) is 3.09. The molecule has 0 aliphatic heterocycles. The van der Waals surface area contributed by atoms with Gasteiger partial charge in [0.15, 0.2) is 5.82 Å². The molecule has 1 heterocycles. The van der Waals surface area contributed by atoms with Crippen molar-refractivity contribution in [2.24, 2.45) is 0 Å². The van der Waals surface area contributed by atoms with Crippen molar-refractivity contribution in [3.05, 3.63) is 24.3 Å². The molecule has 0 unspecified atom stereocenters. The molecule has 0 saturated carbocycles. The SMILES string of the molecule is CCCCCSc1nc2ccccc2nc1N. The highest BCUT2D eigenvalue weighted by atomic mass is 32.2. The Bertz CT molecular complexity index is 499. The zero-order valence-corrected chi connectivity index (χ0v) is 10.8. The number of thioether (sulfide) groups is 1. The molecular formula is C13H17N3S. The number of fused-ring (bicyclic) bond motifs is 1. The maximum Gasteiger partial charge on any atom is 0.156 e. The van der Waals surface area contributed by atoms with Crippen LogP contribution in [0.2, 0.25) is 0 Å². The number of hydrogen-bond donors (Lipinski definition) is 1. The van der Waals surface area contributed by atoms with Crippen molar-refractivity contribution in [3.63, 3.8) is 0 Å². The molecule has 0 atom stereocenters. The van der Waals surface area contributed by atoms with Crippen LogP contribution in [0.1, 0.15) is 26.2 Å². The molecule has 0 bridgehead atoms. The van der Waals surface area contributed by atoms with Gasteiger partial charge < -0.3 is 5.73 Å². The first kappa shape index (κ1) is 12.2. The standard InChI is InChI=1S/C13H17N3S/c1-2-3-6-9-17-13-12(14)15-10-7-4-5-8-11(10)16-13/h4-5,7-8H,2-3,6,9H2,1H3,(H2,14,15). The van der Waals surface area contributed by atoms with Crippen molar-refractivity contribution >= 4 is 28.6 Å². The average molecular weight is 247 g/mol. The molecule has 2 N–H and O–H groups in total. The van der Waals surface area contributed by atoms with Gasteiger partial charge in [-0.15, -0.1) is 11.8 Å². The molecule has 0 saturated heterocycles. The topological polar surface area (TPSA) is 51.8 Å². The van der Waals surface area contributed by atoms with Crippen LogP contribution in [0.3, 0.4) is 0 Å². The smallest absolute Gasteiger partial charge is 0.156 e. The second-order valence-corrected chi connectivity index (χ2v) is 5.04. The molecule has 2 aromatic rings. The second-order valence-electron chi connectivity index (χ2n) is 3.96. The molecule has 90 valence electrons. The Morgan fingerprint density at radius 3 is 2.53 bits per heavy atom. The zero-order valence-electron chi connectivity index (χ0n) is 10.0. The van der Waals surface area contributed by atoms with Crippen LogP contribution in [0.15, 0.2) is 29.3 Å². The number of unbranched alkanes of at least 4 members (excludes halogenated alkanes) is 2. The zero-order chi connectivity index (χ0) is 12.1. The van der Waals surface area contributed by atoms with Gasteiger partial charge in [-0.3, -0.25) is 0 Å². The average Bonchev–Trinajstić information content (AvgIpc) is 2.35. The summed E-state index contributed by atoms with van der Waals surface area (Å²) in [6, 6.07) is 7.82. The highest BCUT2D eigenvalue weighted by Gasteiger charge is 2.05. The number of nitrogens with zero attached hydrogens (tertiary/aromatic N) is 2. The van der Waals surface area contributed by atoms with Crippen molar-refractivity contribution in [2.45, 2.75) is 31.2 Å². The Morgan fingerprint density at radius 2 is 1.82 bits per heavy atom. The summed E-state index contributed by atoms with van der Waals surface area (Å²) in [6.07, 6.45) is 3.70. The third-order valence-electron chi connectivity index (χ3n) is 2.55. The normalized spacial score (nSPS) is 10.9. The van der Waals surface area contributed by atoms with Crippen LogP contribution in [-0.2, 0) is 0 Å². The van der Waals surface area contributed by atoms with Crippen LogP contribution >= 0.6 is 11.8 Å². The lowest BCUT2D eigenvalue weighted by Gasteiger charge is -2.05. The second kappa shape index (κ2) is 5.87. The fourth-order valence-electron chi connectivity index (χ4n) is 1.62. The lowest BCUT2D eigenvalue weighted by atomic mass is 10.3. The first-order valence-corrected chi connectivity index (χ1v) is 6.95. The predicted molar refractivity (Wildman–Crippen MR) is 74.2 cm³/mol. The number of hydrogen-bond acceptors (Lipinski definition) is 4.